The van der Waals surface area contributed by atoms with Gasteiger partial charge in [0, 0.05) is 22.8 Å². The Bertz CT molecular complexity index is 644. The van der Waals surface area contributed by atoms with Crippen LogP contribution in [0, 0.1) is 0 Å². The van der Waals surface area contributed by atoms with E-state index in [2.05, 4.69) is 70.6 Å². The van der Waals surface area contributed by atoms with Crippen LogP contribution in [0.1, 0.15) is 13.3 Å². The maximum Gasteiger partial charge on any atom is 0.189 e. The highest BCUT2D eigenvalue weighted by Gasteiger charge is 2.35. The van der Waals surface area contributed by atoms with Crippen molar-refractivity contribution in [3.8, 4) is 0 Å². The number of nitrogens with zero attached hydrogens (tertiary/aromatic N) is 3. The summed E-state index contributed by atoms with van der Waals surface area (Å²) in [4.78, 5) is 5.04. The molecule has 0 amide bonds. The number of hydrogen-bond acceptors (Lipinski definition) is 4. The first-order valence-electron chi connectivity index (χ1n) is 6.83. The molecule has 2 aliphatic heterocycles. The normalized spacial score (nSPS) is 17.6. The summed E-state index contributed by atoms with van der Waals surface area (Å²) in [5.74, 6) is 0. The van der Waals surface area contributed by atoms with Gasteiger partial charge in [0.15, 0.2) is 5.66 Å². The second kappa shape index (κ2) is 4.35. The highest BCUT2D eigenvalue weighted by atomic mass is 32.2. The van der Waals surface area contributed by atoms with Gasteiger partial charge in [-0.15, -0.1) is 0 Å². The third-order valence-corrected chi connectivity index (χ3v) is 4.91. The van der Waals surface area contributed by atoms with Crippen molar-refractivity contribution >= 4 is 23.1 Å². The molecule has 4 heteroatoms. The quantitative estimate of drug-likeness (QED) is 0.803. The van der Waals surface area contributed by atoms with Crippen LogP contribution >= 0.6 is 11.8 Å². The molecule has 20 heavy (non-hydrogen) atoms. The van der Waals surface area contributed by atoms with Crippen LogP contribution in [0.25, 0.3) is 0 Å². The van der Waals surface area contributed by atoms with Gasteiger partial charge in [0.25, 0.3) is 0 Å². The lowest BCUT2D eigenvalue weighted by atomic mass is 10.1. The van der Waals surface area contributed by atoms with E-state index in [1.54, 1.807) is 0 Å². The van der Waals surface area contributed by atoms with Crippen LogP contribution in [0.3, 0.4) is 0 Å². The molecular formula is C16H15N3S. The molecule has 0 atom stereocenters. The van der Waals surface area contributed by atoms with E-state index in [0.29, 0.717) is 0 Å². The number of para-hydroxylation sites is 2. The van der Waals surface area contributed by atoms with Crippen LogP contribution in [-0.2, 0) is 0 Å². The highest BCUT2D eigenvalue weighted by molar-refractivity contribution is 7.99. The van der Waals surface area contributed by atoms with E-state index in [-0.39, 0.29) is 5.66 Å². The Morgan fingerprint density at radius 1 is 0.950 bits per heavy atom. The molecule has 2 heterocycles. The average molecular weight is 281 g/mol. The van der Waals surface area contributed by atoms with Crippen LogP contribution in [0.5, 0.6) is 0 Å². The second-order valence-electron chi connectivity index (χ2n) is 5.36. The molecule has 0 bridgehead atoms. The number of hydrogen-bond donors (Lipinski definition) is 0. The van der Waals surface area contributed by atoms with Crippen molar-refractivity contribution in [2.45, 2.75) is 28.8 Å². The first-order chi connectivity index (χ1) is 9.75. The van der Waals surface area contributed by atoms with Crippen LogP contribution < -0.4 is 4.90 Å². The van der Waals surface area contributed by atoms with Crippen molar-refractivity contribution in [3.05, 3.63) is 48.5 Å². The molecule has 0 aliphatic carbocycles. The summed E-state index contributed by atoms with van der Waals surface area (Å²) in [7, 11) is 0. The monoisotopic (exact) mass is 281 g/mol. The summed E-state index contributed by atoms with van der Waals surface area (Å²) in [5.41, 5.74) is 2.44. The minimum atomic E-state index is -0.144. The van der Waals surface area contributed by atoms with E-state index >= 15 is 0 Å². The largest absolute Gasteiger partial charge is 0.339 e. The zero-order valence-electron chi connectivity index (χ0n) is 11.3. The minimum absolute atomic E-state index is 0.144. The summed E-state index contributed by atoms with van der Waals surface area (Å²) in [6, 6.07) is 17.2. The molecule has 0 aromatic heterocycles. The Balaban J connectivity index is 1.72. The predicted molar refractivity (Wildman–Crippen MR) is 81.9 cm³/mol. The van der Waals surface area contributed by atoms with E-state index < -0.39 is 0 Å². The van der Waals surface area contributed by atoms with Crippen LogP contribution in [0.15, 0.2) is 68.6 Å². The maximum atomic E-state index is 4.12. The van der Waals surface area contributed by atoms with Gasteiger partial charge in [-0.1, -0.05) is 36.0 Å². The highest BCUT2D eigenvalue weighted by Crippen LogP contribution is 2.48. The summed E-state index contributed by atoms with van der Waals surface area (Å²) in [6.07, 6.45) is 0.959. The molecular weight excluding hydrogens is 266 g/mol. The standard InChI is InChI=1S/C16H15N3S/c1-16(17-18-16)10-11-19-12-6-2-4-8-14(12)20-15-9-5-3-7-13(15)19/h2-9H,10-11H2,1H3. The zero-order valence-corrected chi connectivity index (χ0v) is 12.1. The van der Waals surface area contributed by atoms with Crippen molar-refractivity contribution in [2.75, 3.05) is 11.4 Å². The first-order valence-corrected chi connectivity index (χ1v) is 7.64. The smallest absolute Gasteiger partial charge is 0.189 e. The number of rotatable bonds is 3. The first kappa shape index (κ1) is 12.0. The van der Waals surface area contributed by atoms with Crippen molar-refractivity contribution in [2.24, 2.45) is 10.2 Å². The van der Waals surface area contributed by atoms with Gasteiger partial charge in [-0.05, 0) is 31.2 Å². The fourth-order valence-electron chi connectivity index (χ4n) is 2.53. The minimum Gasteiger partial charge on any atom is -0.339 e. The topological polar surface area (TPSA) is 28.0 Å². The Morgan fingerprint density at radius 3 is 2.05 bits per heavy atom. The molecule has 0 N–H and O–H groups in total. The van der Waals surface area contributed by atoms with E-state index in [9.17, 15) is 0 Å². The van der Waals surface area contributed by atoms with Gasteiger partial charge in [0.05, 0.1) is 11.4 Å². The Hall–Kier alpha value is -1.81. The molecule has 100 valence electrons. The molecule has 2 aromatic carbocycles. The van der Waals surface area contributed by atoms with Gasteiger partial charge in [-0.25, -0.2) is 0 Å². The van der Waals surface area contributed by atoms with Crippen LogP contribution in [0.4, 0.5) is 11.4 Å². The maximum absolute atomic E-state index is 4.12. The second-order valence-corrected chi connectivity index (χ2v) is 6.44. The lowest BCUT2D eigenvalue weighted by Gasteiger charge is -2.33. The van der Waals surface area contributed by atoms with Gasteiger partial charge in [0.2, 0.25) is 0 Å². The van der Waals surface area contributed by atoms with Gasteiger partial charge in [-0.2, -0.15) is 10.2 Å². The van der Waals surface area contributed by atoms with Gasteiger partial charge >= 0.3 is 0 Å². The van der Waals surface area contributed by atoms with Crippen molar-refractivity contribution in [3.63, 3.8) is 0 Å². The summed E-state index contributed by atoms with van der Waals surface area (Å²) in [5, 5.41) is 8.25. The third-order valence-electron chi connectivity index (χ3n) is 3.78. The van der Waals surface area contributed by atoms with Gasteiger partial charge < -0.3 is 4.90 Å². The molecule has 0 saturated heterocycles. The van der Waals surface area contributed by atoms with Crippen molar-refractivity contribution in [1.82, 2.24) is 0 Å². The molecule has 4 rings (SSSR count). The van der Waals surface area contributed by atoms with Crippen molar-refractivity contribution < 1.29 is 0 Å². The number of fused-ring (bicyclic) bond motifs is 2. The predicted octanol–water partition coefficient (Wildman–Crippen LogP) is 4.86. The Morgan fingerprint density at radius 2 is 1.50 bits per heavy atom. The number of benzene rings is 2. The van der Waals surface area contributed by atoms with Gasteiger partial charge in [0.1, 0.15) is 0 Å². The molecule has 2 aromatic rings. The Kier molecular flexibility index (Phi) is 2.60. The molecule has 0 fully saturated rings. The van der Waals surface area contributed by atoms with Crippen LogP contribution in [0.2, 0.25) is 0 Å². The lowest BCUT2D eigenvalue weighted by Crippen LogP contribution is -2.25. The zero-order chi connectivity index (χ0) is 13.6. The molecule has 0 unspecified atom stereocenters. The average Bonchev–Trinajstić information content (AvgIpc) is 3.21. The Labute approximate surface area is 122 Å². The SMILES string of the molecule is CC1(CCN2c3ccccc3Sc3ccccc32)N=N1. The van der Waals surface area contributed by atoms with E-state index in [0.717, 1.165) is 13.0 Å². The summed E-state index contributed by atoms with van der Waals surface area (Å²) >= 11 is 1.85. The summed E-state index contributed by atoms with van der Waals surface area (Å²) < 4.78 is 0. The fourth-order valence-corrected chi connectivity index (χ4v) is 3.63. The van der Waals surface area contributed by atoms with E-state index in [1.165, 1.54) is 21.2 Å². The molecule has 0 saturated carbocycles. The van der Waals surface area contributed by atoms with E-state index in [4.69, 9.17) is 0 Å². The van der Waals surface area contributed by atoms with E-state index in [1.807, 2.05) is 11.8 Å². The van der Waals surface area contributed by atoms with Gasteiger partial charge in [-0.3, -0.25) is 0 Å². The van der Waals surface area contributed by atoms with Crippen molar-refractivity contribution in [1.29, 1.82) is 0 Å². The lowest BCUT2D eigenvalue weighted by molar-refractivity contribution is 0.602. The molecule has 3 nitrogen and oxygen atoms in total. The fraction of sp³-hybridized carbons (Fsp3) is 0.250. The molecule has 0 radical (unpaired) electrons. The number of anilines is 2. The third kappa shape index (κ3) is 2.00. The molecule has 0 spiro atoms. The van der Waals surface area contributed by atoms with Crippen LogP contribution in [-0.4, -0.2) is 12.2 Å². The summed E-state index contributed by atoms with van der Waals surface area (Å²) in [6.45, 7) is 3.03. The molecule has 2 aliphatic rings.